The van der Waals surface area contributed by atoms with Gasteiger partial charge in [0.25, 0.3) is 5.91 Å². The normalized spacial score (nSPS) is 18.0. The smallest absolute Gasteiger partial charge is 0.271 e. The van der Waals surface area contributed by atoms with Crippen LogP contribution in [0, 0.1) is 5.82 Å². The highest BCUT2D eigenvalue weighted by atomic mass is 79.9. The first-order valence-electron chi connectivity index (χ1n) is 8.02. The summed E-state index contributed by atoms with van der Waals surface area (Å²) < 4.78 is 22.3. The molecule has 1 fully saturated rings. The van der Waals surface area contributed by atoms with Gasteiger partial charge < -0.3 is 19.2 Å². The van der Waals surface area contributed by atoms with E-state index < -0.39 is 0 Å². The zero-order valence-corrected chi connectivity index (χ0v) is 15.2. The molecule has 1 aliphatic heterocycles. The summed E-state index contributed by atoms with van der Waals surface area (Å²) in [5, 5.41) is 0.412. The molecule has 25 heavy (non-hydrogen) atoms. The van der Waals surface area contributed by atoms with Gasteiger partial charge in [0.2, 0.25) is 0 Å². The fraction of sp³-hybridized carbons (Fsp3) is 0.278. The Balaban J connectivity index is 1.71. The van der Waals surface area contributed by atoms with Crippen LogP contribution >= 0.6 is 15.9 Å². The Kier molecular flexibility index (Phi) is 4.13. The van der Waals surface area contributed by atoms with Crippen LogP contribution in [0.25, 0.3) is 10.9 Å². The number of aromatic amines is 1. The molecule has 0 bridgehead atoms. The number of H-pyrrole nitrogens is 1. The molecule has 1 atom stereocenters. The second-order valence-corrected chi connectivity index (χ2v) is 7.08. The maximum Gasteiger partial charge on any atom is 0.271 e. The highest BCUT2D eigenvalue weighted by molar-refractivity contribution is 9.10. The van der Waals surface area contributed by atoms with Crippen LogP contribution < -0.4 is 0 Å². The molecule has 5 nitrogen and oxygen atoms in total. The molecule has 1 saturated heterocycles. The van der Waals surface area contributed by atoms with Crippen LogP contribution in [-0.2, 0) is 11.8 Å². The van der Waals surface area contributed by atoms with E-state index in [2.05, 4.69) is 20.9 Å². The van der Waals surface area contributed by atoms with Gasteiger partial charge in [0.1, 0.15) is 11.5 Å². The molecule has 130 valence electrons. The van der Waals surface area contributed by atoms with Gasteiger partial charge in [0.05, 0.1) is 24.8 Å². The number of benzene rings is 1. The Labute approximate surface area is 152 Å². The van der Waals surface area contributed by atoms with Crippen molar-refractivity contribution in [1.82, 2.24) is 14.5 Å². The third-order valence-electron chi connectivity index (χ3n) is 4.60. The monoisotopic (exact) mass is 405 g/mol. The lowest BCUT2D eigenvalue weighted by Gasteiger charge is -2.35. The number of hydrogen-bond donors (Lipinski definition) is 1. The van der Waals surface area contributed by atoms with Crippen LogP contribution in [0.1, 0.15) is 22.2 Å². The number of fused-ring (bicyclic) bond motifs is 1. The van der Waals surface area contributed by atoms with Crippen molar-refractivity contribution in [1.29, 1.82) is 0 Å². The van der Waals surface area contributed by atoms with Gasteiger partial charge in [-0.15, -0.1) is 0 Å². The number of ether oxygens (including phenoxy) is 1. The van der Waals surface area contributed by atoms with E-state index in [0.717, 1.165) is 5.69 Å². The average molecular weight is 406 g/mol. The largest absolute Gasteiger partial charge is 0.377 e. The summed E-state index contributed by atoms with van der Waals surface area (Å²) in [5.41, 5.74) is 1.99. The molecule has 3 heterocycles. The van der Waals surface area contributed by atoms with E-state index in [1.165, 1.54) is 6.07 Å². The minimum Gasteiger partial charge on any atom is -0.377 e. The van der Waals surface area contributed by atoms with E-state index in [1.54, 1.807) is 17.0 Å². The Morgan fingerprint density at radius 2 is 2.24 bits per heavy atom. The van der Waals surface area contributed by atoms with E-state index in [0.29, 0.717) is 40.8 Å². The van der Waals surface area contributed by atoms with Crippen molar-refractivity contribution >= 4 is 32.7 Å². The first-order valence-corrected chi connectivity index (χ1v) is 8.81. The van der Waals surface area contributed by atoms with Gasteiger partial charge in [0.15, 0.2) is 0 Å². The van der Waals surface area contributed by atoms with Crippen LogP contribution in [-0.4, -0.2) is 40.1 Å². The molecule has 7 heteroatoms. The molecule has 3 aromatic rings. The van der Waals surface area contributed by atoms with Crippen molar-refractivity contribution in [3.8, 4) is 0 Å². The Hall–Kier alpha value is -2.12. The second-order valence-electron chi connectivity index (χ2n) is 6.17. The number of morpholine rings is 1. The van der Waals surface area contributed by atoms with Crippen LogP contribution in [0.3, 0.4) is 0 Å². The minimum atomic E-state index is -0.361. The van der Waals surface area contributed by atoms with E-state index in [4.69, 9.17) is 4.74 Å². The summed E-state index contributed by atoms with van der Waals surface area (Å²) >= 11 is 3.28. The number of aromatic nitrogens is 2. The minimum absolute atomic E-state index is 0.152. The number of nitrogens with one attached hydrogen (secondary N) is 1. The summed E-state index contributed by atoms with van der Waals surface area (Å²) in [7, 11) is 1.95. The van der Waals surface area contributed by atoms with Crippen LogP contribution in [0.15, 0.2) is 41.0 Å². The fourth-order valence-corrected chi connectivity index (χ4v) is 3.77. The first-order chi connectivity index (χ1) is 12.0. The van der Waals surface area contributed by atoms with Gasteiger partial charge >= 0.3 is 0 Å². The molecule has 1 amide bonds. The van der Waals surface area contributed by atoms with E-state index in [1.807, 2.05) is 29.9 Å². The van der Waals surface area contributed by atoms with E-state index in [9.17, 15) is 9.18 Å². The predicted octanol–water partition coefficient (Wildman–Crippen LogP) is 3.62. The molecule has 1 unspecified atom stereocenters. The third-order valence-corrected chi connectivity index (χ3v) is 5.06. The summed E-state index contributed by atoms with van der Waals surface area (Å²) in [5.74, 6) is -0.512. The lowest BCUT2D eigenvalue weighted by atomic mass is 10.1. The van der Waals surface area contributed by atoms with Gasteiger partial charge in [-0.05, 0) is 30.3 Å². The van der Waals surface area contributed by atoms with E-state index in [-0.39, 0.29) is 17.8 Å². The maximum absolute atomic E-state index is 14.1. The molecule has 0 radical (unpaired) electrons. The quantitative estimate of drug-likeness (QED) is 0.707. The standard InChI is InChI=1S/C18H17BrFN3O2/c1-22-4-2-3-16(22)17-10-25-6-5-23(17)18(24)15-9-12-13(20)7-11(19)8-14(12)21-15/h2-4,7-9,17,21H,5-6,10H2,1H3. The number of carbonyl (C=O) groups excluding carboxylic acids is 1. The molecule has 0 spiro atoms. The van der Waals surface area contributed by atoms with Gasteiger partial charge in [-0.25, -0.2) is 4.39 Å². The lowest BCUT2D eigenvalue weighted by Crippen LogP contribution is -2.44. The topological polar surface area (TPSA) is 50.3 Å². The Morgan fingerprint density at radius 3 is 3.00 bits per heavy atom. The van der Waals surface area contributed by atoms with E-state index >= 15 is 0 Å². The number of amides is 1. The van der Waals surface area contributed by atoms with Crippen molar-refractivity contribution in [3.05, 3.63) is 58.2 Å². The summed E-state index contributed by atoms with van der Waals surface area (Å²) in [6.45, 7) is 1.44. The number of aryl methyl sites for hydroxylation is 1. The van der Waals surface area contributed by atoms with Crippen LogP contribution in [0.4, 0.5) is 4.39 Å². The predicted molar refractivity (Wildman–Crippen MR) is 96.0 cm³/mol. The fourth-order valence-electron chi connectivity index (χ4n) is 3.34. The third kappa shape index (κ3) is 2.87. The van der Waals surface area contributed by atoms with Crippen LogP contribution in [0.5, 0.6) is 0 Å². The molecule has 1 aromatic carbocycles. The Bertz CT molecular complexity index is 949. The maximum atomic E-state index is 14.1. The van der Waals surface area contributed by atoms with Gasteiger partial charge in [-0.1, -0.05) is 15.9 Å². The summed E-state index contributed by atoms with van der Waals surface area (Å²) in [4.78, 5) is 17.9. The lowest BCUT2D eigenvalue weighted by molar-refractivity contribution is -0.00489. The summed E-state index contributed by atoms with van der Waals surface area (Å²) in [6, 6.07) is 8.51. The SMILES string of the molecule is Cn1cccc1C1COCCN1C(=O)c1cc2c(F)cc(Br)cc2[nH]1. The molecule has 2 aromatic heterocycles. The molecule has 1 aliphatic rings. The van der Waals surface area contributed by atoms with Crippen molar-refractivity contribution in [3.63, 3.8) is 0 Å². The first kappa shape index (κ1) is 16.4. The zero-order chi connectivity index (χ0) is 17.6. The second kappa shape index (κ2) is 6.31. The Morgan fingerprint density at radius 1 is 1.40 bits per heavy atom. The molecular formula is C18H17BrFN3O2. The van der Waals surface area contributed by atoms with Crippen molar-refractivity contribution < 1.29 is 13.9 Å². The summed E-state index contributed by atoms with van der Waals surface area (Å²) in [6.07, 6.45) is 1.95. The molecule has 0 aliphatic carbocycles. The highest BCUT2D eigenvalue weighted by Gasteiger charge is 2.31. The van der Waals surface area contributed by atoms with Gasteiger partial charge in [0, 0.05) is 35.3 Å². The number of hydrogen-bond acceptors (Lipinski definition) is 2. The van der Waals surface area contributed by atoms with Crippen molar-refractivity contribution in [2.45, 2.75) is 6.04 Å². The number of halogens is 2. The van der Waals surface area contributed by atoms with Crippen molar-refractivity contribution in [2.75, 3.05) is 19.8 Å². The number of rotatable bonds is 2. The van der Waals surface area contributed by atoms with Crippen molar-refractivity contribution in [2.24, 2.45) is 7.05 Å². The number of nitrogens with zero attached hydrogens (tertiary/aromatic N) is 2. The molecule has 0 saturated carbocycles. The number of carbonyl (C=O) groups is 1. The molecule has 1 N–H and O–H groups in total. The van der Waals surface area contributed by atoms with Gasteiger partial charge in [-0.3, -0.25) is 4.79 Å². The average Bonchev–Trinajstić information content (AvgIpc) is 3.20. The molecule has 4 rings (SSSR count). The zero-order valence-electron chi connectivity index (χ0n) is 13.6. The highest BCUT2D eigenvalue weighted by Crippen LogP contribution is 2.28. The van der Waals surface area contributed by atoms with Crippen LogP contribution in [0.2, 0.25) is 0 Å². The van der Waals surface area contributed by atoms with Gasteiger partial charge in [-0.2, -0.15) is 0 Å². The molecular weight excluding hydrogens is 389 g/mol.